The van der Waals surface area contributed by atoms with Crippen LogP contribution in [-0.4, -0.2) is 55.6 Å². The van der Waals surface area contributed by atoms with Gasteiger partial charge in [-0.15, -0.1) is 0 Å². The van der Waals surface area contributed by atoms with Gasteiger partial charge in [-0.1, -0.05) is 12.1 Å². The number of carbonyl (C=O) groups excluding carboxylic acids is 1. The largest absolute Gasteiger partial charge is 0.496 e. The zero-order chi connectivity index (χ0) is 17.1. The van der Waals surface area contributed by atoms with Crippen molar-refractivity contribution in [3.63, 3.8) is 0 Å². The summed E-state index contributed by atoms with van der Waals surface area (Å²) in [5.41, 5.74) is 1.30. The Hall–Kier alpha value is -2.38. The normalized spacial score (nSPS) is 10.7. The third kappa shape index (κ3) is 7.44. The van der Waals surface area contributed by atoms with Gasteiger partial charge < -0.3 is 25.0 Å². The number of aliphatic hydroxyl groups is 1. The summed E-state index contributed by atoms with van der Waals surface area (Å²) in [6, 6.07) is 5.05. The van der Waals surface area contributed by atoms with Crippen LogP contribution in [0, 0.1) is 0 Å². The first-order chi connectivity index (χ1) is 11.1. The van der Waals surface area contributed by atoms with E-state index in [1.54, 1.807) is 24.3 Å². The summed E-state index contributed by atoms with van der Waals surface area (Å²) in [5, 5.41) is 20.0. The quantitative estimate of drug-likeness (QED) is 0.427. The summed E-state index contributed by atoms with van der Waals surface area (Å²) in [4.78, 5) is 22.4. The van der Waals surface area contributed by atoms with Crippen molar-refractivity contribution in [2.45, 2.75) is 6.42 Å². The van der Waals surface area contributed by atoms with Gasteiger partial charge in [-0.2, -0.15) is 0 Å². The Kier molecular flexibility index (Phi) is 8.41. The molecule has 3 N–H and O–H groups in total. The van der Waals surface area contributed by atoms with Crippen molar-refractivity contribution < 1.29 is 29.3 Å². The fraction of sp³-hybridized carbons (Fsp3) is 0.375. The molecule has 1 amide bonds. The second kappa shape index (κ2) is 10.4. The number of aliphatic carboxylic acids is 1. The lowest BCUT2D eigenvalue weighted by Gasteiger charge is -2.07. The van der Waals surface area contributed by atoms with Crippen molar-refractivity contribution in [3.8, 4) is 5.75 Å². The van der Waals surface area contributed by atoms with Crippen molar-refractivity contribution in [1.82, 2.24) is 5.32 Å². The zero-order valence-corrected chi connectivity index (χ0v) is 12.9. The number of hydrogen-bond donors (Lipinski definition) is 3. The average Bonchev–Trinajstić information content (AvgIpc) is 2.53. The second-order valence-electron chi connectivity index (χ2n) is 4.60. The highest BCUT2D eigenvalue weighted by molar-refractivity contribution is 5.91. The predicted octanol–water partition coefficient (Wildman–Crippen LogP) is 0.461. The molecule has 0 saturated carbocycles. The van der Waals surface area contributed by atoms with Crippen LogP contribution < -0.4 is 10.1 Å². The minimum Gasteiger partial charge on any atom is -0.496 e. The van der Waals surface area contributed by atoms with E-state index in [2.05, 4.69) is 5.32 Å². The van der Waals surface area contributed by atoms with Crippen LogP contribution >= 0.6 is 0 Å². The molecule has 0 bridgehead atoms. The lowest BCUT2D eigenvalue weighted by molar-refractivity contribution is -0.136. The molecular formula is C16H21NO6. The van der Waals surface area contributed by atoms with Crippen molar-refractivity contribution in [2.24, 2.45) is 0 Å². The van der Waals surface area contributed by atoms with Gasteiger partial charge in [0.2, 0.25) is 5.91 Å². The third-order valence-corrected chi connectivity index (χ3v) is 2.86. The number of carbonyl (C=O) groups is 2. The lowest BCUT2D eigenvalue weighted by atomic mass is 10.1. The molecule has 0 saturated heterocycles. The number of nitrogens with one attached hydrogen (secondary N) is 1. The first-order valence-electron chi connectivity index (χ1n) is 7.10. The van der Waals surface area contributed by atoms with E-state index >= 15 is 0 Å². The van der Waals surface area contributed by atoms with Gasteiger partial charge in [0, 0.05) is 18.2 Å². The number of hydrogen-bond acceptors (Lipinski definition) is 5. The van der Waals surface area contributed by atoms with Crippen LogP contribution in [0.2, 0.25) is 0 Å². The van der Waals surface area contributed by atoms with Crippen LogP contribution in [0.5, 0.6) is 5.75 Å². The summed E-state index contributed by atoms with van der Waals surface area (Å²) in [5.74, 6) is -0.743. The van der Waals surface area contributed by atoms with Crippen molar-refractivity contribution >= 4 is 18.0 Å². The SMILES string of the molecule is COc1cc(/C=C/C(=O)NCCOCCO)ccc1CC(=O)O. The Balaban J connectivity index is 2.55. The van der Waals surface area contributed by atoms with Gasteiger partial charge in [0.15, 0.2) is 0 Å². The van der Waals surface area contributed by atoms with Crippen LogP contribution in [0.15, 0.2) is 24.3 Å². The molecule has 23 heavy (non-hydrogen) atoms. The van der Waals surface area contributed by atoms with Gasteiger partial charge in [-0.3, -0.25) is 9.59 Å². The van der Waals surface area contributed by atoms with Crippen molar-refractivity contribution in [1.29, 1.82) is 0 Å². The number of aliphatic hydroxyl groups excluding tert-OH is 1. The van der Waals surface area contributed by atoms with Crippen LogP contribution in [0.3, 0.4) is 0 Å². The van der Waals surface area contributed by atoms with Crippen LogP contribution in [0.4, 0.5) is 0 Å². The molecule has 0 aliphatic heterocycles. The summed E-state index contributed by atoms with van der Waals surface area (Å²) >= 11 is 0. The van der Waals surface area contributed by atoms with E-state index in [0.29, 0.717) is 24.5 Å². The summed E-state index contributed by atoms with van der Waals surface area (Å²) in [6.07, 6.45) is 2.86. The highest BCUT2D eigenvalue weighted by atomic mass is 16.5. The monoisotopic (exact) mass is 323 g/mol. The molecule has 0 aromatic heterocycles. The number of ether oxygens (including phenoxy) is 2. The highest BCUT2D eigenvalue weighted by Crippen LogP contribution is 2.21. The number of carboxylic acid groups (broad SMARTS) is 1. The van der Waals surface area contributed by atoms with E-state index < -0.39 is 5.97 Å². The fourth-order valence-corrected chi connectivity index (χ4v) is 1.82. The fourth-order valence-electron chi connectivity index (χ4n) is 1.82. The standard InChI is InChI=1S/C16H21NO6/c1-22-14-10-12(2-4-13(14)11-16(20)21)3-5-15(19)17-6-8-23-9-7-18/h2-5,10,18H,6-9,11H2,1H3,(H,17,19)(H,20,21)/b5-3+. The number of methoxy groups -OCH3 is 1. The molecule has 0 spiro atoms. The smallest absolute Gasteiger partial charge is 0.307 e. The van der Waals surface area contributed by atoms with E-state index in [0.717, 1.165) is 5.56 Å². The molecule has 0 radical (unpaired) electrons. The Bertz CT molecular complexity index is 556. The van der Waals surface area contributed by atoms with E-state index in [4.69, 9.17) is 19.7 Å². The van der Waals surface area contributed by atoms with Crippen LogP contribution in [0.25, 0.3) is 6.08 Å². The zero-order valence-electron chi connectivity index (χ0n) is 12.9. The molecular weight excluding hydrogens is 302 g/mol. The third-order valence-electron chi connectivity index (χ3n) is 2.86. The Morgan fingerprint density at radius 2 is 2.09 bits per heavy atom. The number of benzene rings is 1. The lowest BCUT2D eigenvalue weighted by Crippen LogP contribution is -2.25. The maximum atomic E-state index is 11.6. The molecule has 0 fully saturated rings. The Morgan fingerprint density at radius 1 is 1.30 bits per heavy atom. The second-order valence-corrected chi connectivity index (χ2v) is 4.60. The van der Waals surface area contributed by atoms with Crippen LogP contribution in [0.1, 0.15) is 11.1 Å². The van der Waals surface area contributed by atoms with Gasteiger partial charge in [-0.05, 0) is 17.7 Å². The van der Waals surface area contributed by atoms with Gasteiger partial charge in [0.1, 0.15) is 5.75 Å². The van der Waals surface area contributed by atoms with Crippen LogP contribution in [-0.2, 0) is 20.7 Å². The van der Waals surface area contributed by atoms with Gasteiger partial charge in [-0.25, -0.2) is 0 Å². The summed E-state index contributed by atoms with van der Waals surface area (Å²) in [6.45, 7) is 0.879. The molecule has 1 aromatic carbocycles. The summed E-state index contributed by atoms with van der Waals surface area (Å²) < 4.78 is 10.2. The highest BCUT2D eigenvalue weighted by Gasteiger charge is 2.07. The maximum Gasteiger partial charge on any atom is 0.307 e. The van der Waals surface area contributed by atoms with Gasteiger partial charge in [0.25, 0.3) is 0 Å². The minimum atomic E-state index is -0.936. The average molecular weight is 323 g/mol. The number of rotatable bonds is 10. The van der Waals surface area contributed by atoms with Crippen molar-refractivity contribution in [2.75, 3.05) is 33.5 Å². The minimum absolute atomic E-state index is 0.0481. The molecule has 0 aliphatic rings. The topological polar surface area (TPSA) is 105 Å². The molecule has 0 atom stereocenters. The molecule has 7 heteroatoms. The molecule has 1 rings (SSSR count). The number of amides is 1. The first-order valence-corrected chi connectivity index (χ1v) is 7.10. The predicted molar refractivity (Wildman–Crippen MR) is 84.3 cm³/mol. The molecule has 0 heterocycles. The molecule has 1 aromatic rings. The molecule has 0 aliphatic carbocycles. The number of carboxylic acids is 1. The Labute approximate surface area is 134 Å². The summed E-state index contributed by atoms with van der Waals surface area (Å²) in [7, 11) is 1.47. The molecule has 7 nitrogen and oxygen atoms in total. The molecule has 0 unspecified atom stereocenters. The van der Waals surface area contributed by atoms with E-state index in [1.165, 1.54) is 13.2 Å². The molecule has 126 valence electrons. The van der Waals surface area contributed by atoms with E-state index in [9.17, 15) is 9.59 Å². The maximum absolute atomic E-state index is 11.6. The van der Waals surface area contributed by atoms with Crippen molar-refractivity contribution in [3.05, 3.63) is 35.4 Å². The Morgan fingerprint density at radius 3 is 2.74 bits per heavy atom. The van der Waals surface area contributed by atoms with Gasteiger partial charge >= 0.3 is 5.97 Å². The van der Waals surface area contributed by atoms with E-state index in [-0.39, 0.29) is 25.5 Å². The van der Waals surface area contributed by atoms with E-state index in [1.807, 2.05) is 0 Å². The van der Waals surface area contributed by atoms with Gasteiger partial charge in [0.05, 0.1) is 33.4 Å². The first kappa shape index (κ1) is 18.7.